The molecule has 18 heavy (non-hydrogen) atoms. The first kappa shape index (κ1) is 13.4. The van der Waals surface area contributed by atoms with Gasteiger partial charge in [-0.05, 0) is 18.8 Å². The molecule has 0 aliphatic heterocycles. The van der Waals surface area contributed by atoms with Crippen LogP contribution < -0.4 is 5.73 Å². The summed E-state index contributed by atoms with van der Waals surface area (Å²) in [4.78, 5) is 0. The van der Waals surface area contributed by atoms with E-state index < -0.39 is 0 Å². The van der Waals surface area contributed by atoms with Crippen molar-refractivity contribution >= 4 is 5.82 Å². The Balaban J connectivity index is 2.28. The van der Waals surface area contributed by atoms with Gasteiger partial charge in [-0.1, -0.05) is 52.2 Å². The van der Waals surface area contributed by atoms with Crippen molar-refractivity contribution in [3.63, 3.8) is 0 Å². The maximum Gasteiger partial charge on any atom is 0.169 e. The molecule has 1 aliphatic carbocycles. The van der Waals surface area contributed by atoms with Gasteiger partial charge in [0.2, 0.25) is 0 Å². The van der Waals surface area contributed by atoms with Crippen molar-refractivity contribution in [1.29, 1.82) is 0 Å². The van der Waals surface area contributed by atoms with E-state index in [1.54, 1.807) is 0 Å². The Bertz CT molecular complexity index is 402. The van der Waals surface area contributed by atoms with Gasteiger partial charge in [0, 0.05) is 5.41 Å². The van der Waals surface area contributed by atoms with E-state index >= 15 is 0 Å². The topological polar surface area (TPSA) is 56.7 Å². The Hall–Kier alpha value is -1.06. The summed E-state index contributed by atoms with van der Waals surface area (Å²) >= 11 is 0. The van der Waals surface area contributed by atoms with E-state index in [2.05, 4.69) is 42.7 Å². The van der Waals surface area contributed by atoms with Crippen LogP contribution in [-0.4, -0.2) is 15.0 Å². The Labute approximate surface area is 110 Å². The van der Waals surface area contributed by atoms with Crippen LogP contribution in [0, 0.1) is 5.92 Å². The van der Waals surface area contributed by atoms with Crippen molar-refractivity contribution in [2.75, 3.05) is 5.73 Å². The third kappa shape index (κ3) is 2.52. The van der Waals surface area contributed by atoms with Gasteiger partial charge >= 0.3 is 0 Å². The molecule has 4 heteroatoms. The van der Waals surface area contributed by atoms with Crippen LogP contribution in [0.2, 0.25) is 0 Å². The second-order valence-corrected chi connectivity index (χ2v) is 6.61. The van der Waals surface area contributed by atoms with Crippen molar-refractivity contribution in [1.82, 2.24) is 15.0 Å². The van der Waals surface area contributed by atoms with Gasteiger partial charge in [-0.2, -0.15) is 0 Å². The van der Waals surface area contributed by atoms with E-state index in [-0.39, 0.29) is 5.41 Å². The van der Waals surface area contributed by atoms with E-state index in [1.165, 1.54) is 32.1 Å². The Morgan fingerprint density at radius 1 is 1.33 bits per heavy atom. The van der Waals surface area contributed by atoms with Crippen molar-refractivity contribution < 1.29 is 0 Å². The van der Waals surface area contributed by atoms with Gasteiger partial charge in [-0.25, -0.2) is 4.68 Å². The lowest BCUT2D eigenvalue weighted by Crippen LogP contribution is -2.26. The fourth-order valence-electron chi connectivity index (χ4n) is 3.14. The molecule has 1 aromatic rings. The minimum Gasteiger partial charge on any atom is -0.381 e. The normalized spacial score (nSPS) is 25.3. The van der Waals surface area contributed by atoms with Crippen LogP contribution in [0.1, 0.15) is 71.5 Å². The van der Waals surface area contributed by atoms with Crippen molar-refractivity contribution in [3.05, 3.63) is 5.69 Å². The van der Waals surface area contributed by atoms with Gasteiger partial charge in [-0.3, -0.25) is 0 Å². The minimum atomic E-state index is 0.00669. The number of anilines is 1. The highest BCUT2D eigenvalue weighted by atomic mass is 15.5. The number of aromatic nitrogens is 3. The van der Waals surface area contributed by atoms with E-state index in [4.69, 9.17) is 5.73 Å². The lowest BCUT2D eigenvalue weighted by Gasteiger charge is -2.31. The number of nitrogens with zero attached hydrogens (tertiary/aromatic N) is 3. The van der Waals surface area contributed by atoms with Gasteiger partial charge in [0.1, 0.15) is 0 Å². The number of hydrogen-bond donors (Lipinski definition) is 1. The molecule has 1 aromatic heterocycles. The largest absolute Gasteiger partial charge is 0.381 e. The molecule has 4 nitrogen and oxygen atoms in total. The zero-order valence-electron chi connectivity index (χ0n) is 12.1. The van der Waals surface area contributed by atoms with Gasteiger partial charge in [0.05, 0.1) is 11.7 Å². The molecule has 2 atom stereocenters. The third-order valence-electron chi connectivity index (χ3n) is 4.11. The predicted octanol–water partition coefficient (Wildman–Crippen LogP) is 3.30. The van der Waals surface area contributed by atoms with E-state index in [0.29, 0.717) is 11.9 Å². The molecule has 0 amide bonds. The van der Waals surface area contributed by atoms with Crippen LogP contribution in [0.25, 0.3) is 0 Å². The smallest absolute Gasteiger partial charge is 0.169 e. The predicted molar refractivity (Wildman–Crippen MR) is 74.4 cm³/mol. The molecule has 1 fully saturated rings. The first-order valence-electron chi connectivity index (χ1n) is 7.14. The summed E-state index contributed by atoms with van der Waals surface area (Å²) in [6.07, 6.45) is 6.37. The van der Waals surface area contributed by atoms with Gasteiger partial charge in [0.25, 0.3) is 0 Å². The molecule has 1 heterocycles. The van der Waals surface area contributed by atoms with Crippen molar-refractivity contribution in [2.45, 2.75) is 71.3 Å². The molecule has 2 rings (SSSR count). The molecule has 0 bridgehead atoms. The van der Waals surface area contributed by atoms with Crippen LogP contribution >= 0.6 is 0 Å². The summed E-state index contributed by atoms with van der Waals surface area (Å²) in [6.45, 7) is 8.82. The Morgan fingerprint density at radius 2 is 2.06 bits per heavy atom. The van der Waals surface area contributed by atoms with Gasteiger partial charge in [-0.15, -0.1) is 5.10 Å². The quantitative estimate of drug-likeness (QED) is 0.876. The van der Waals surface area contributed by atoms with Crippen molar-refractivity contribution in [3.8, 4) is 0 Å². The number of nitrogens with two attached hydrogens (primary N) is 1. The van der Waals surface area contributed by atoms with E-state index in [9.17, 15) is 0 Å². The maximum atomic E-state index is 6.01. The lowest BCUT2D eigenvalue weighted by molar-refractivity contribution is 0.235. The average Bonchev–Trinajstić information content (AvgIpc) is 2.71. The molecule has 2 N–H and O–H groups in total. The fraction of sp³-hybridized carbons (Fsp3) is 0.857. The van der Waals surface area contributed by atoms with Crippen LogP contribution in [0.4, 0.5) is 5.82 Å². The Morgan fingerprint density at radius 3 is 2.67 bits per heavy atom. The number of hydrogen-bond acceptors (Lipinski definition) is 3. The lowest BCUT2D eigenvalue weighted by atomic mass is 9.83. The summed E-state index contributed by atoms with van der Waals surface area (Å²) in [5, 5.41) is 8.42. The average molecular weight is 250 g/mol. The van der Waals surface area contributed by atoms with Crippen LogP contribution in [-0.2, 0) is 5.41 Å². The van der Waals surface area contributed by atoms with Gasteiger partial charge < -0.3 is 5.73 Å². The summed E-state index contributed by atoms with van der Waals surface area (Å²) in [6, 6.07) is 0.489. The number of nitrogen functional groups attached to an aromatic ring is 1. The first-order valence-corrected chi connectivity index (χ1v) is 7.14. The van der Waals surface area contributed by atoms with Crippen LogP contribution in [0.15, 0.2) is 0 Å². The fourth-order valence-corrected chi connectivity index (χ4v) is 3.14. The zero-order valence-corrected chi connectivity index (χ0v) is 12.1. The summed E-state index contributed by atoms with van der Waals surface area (Å²) in [7, 11) is 0. The molecule has 1 saturated carbocycles. The molecule has 0 aromatic carbocycles. The summed E-state index contributed by atoms with van der Waals surface area (Å²) in [5.41, 5.74) is 7.11. The molecular weight excluding hydrogens is 224 g/mol. The maximum absolute atomic E-state index is 6.01. The highest BCUT2D eigenvalue weighted by Crippen LogP contribution is 2.37. The third-order valence-corrected chi connectivity index (χ3v) is 4.11. The standard InChI is InChI=1S/C14H26N4/c1-5-10-7-6-8-11(9-10)18-12(14(2,3)4)13(15)16-17-18/h10-11H,5-9,15H2,1-4H3. The SMILES string of the molecule is CCC1CCCC(n2nnc(N)c2C(C)(C)C)C1. The monoisotopic (exact) mass is 250 g/mol. The molecular formula is C14H26N4. The molecule has 0 spiro atoms. The molecule has 2 unspecified atom stereocenters. The first-order chi connectivity index (χ1) is 8.43. The van der Waals surface area contributed by atoms with Gasteiger partial charge in [0.15, 0.2) is 5.82 Å². The number of rotatable bonds is 2. The minimum absolute atomic E-state index is 0.00669. The highest BCUT2D eigenvalue weighted by molar-refractivity contribution is 5.38. The van der Waals surface area contributed by atoms with Crippen LogP contribution in [0.3, 0.4) is 0 Å². The second-order valence-electron chi connectivity index (χ2n) is 6.61. The Kier molecular flexibility index (Phi) is 3.64. The highest BCUT2D eigenvalue weighted by Gasteiger charge is 2.30. The zero-order chi connectivity index (χ0) is 13.3. The molecule has 0 radical (unpaired) electrons. The summed E-state index contributed by atoms with van der Waals surface area (Å²) < 4.78 is 2.11. The summed E-state index contributed by atoms with van der Waals surface area (Å²) in [5.74, 6) is 1.43. The second kappa shape index (κ2) is 4.90. The molecule has 1 aliphatic rings. The van der Waals surface area contributed by atoms with Crippen molar-refractivity contribution in [2.24, 2.45) is 5.92 Å². The molecule has 102 valence electrons. The van der Waals surface area contributed by atoms with E-state index in [0.717, 1.165) is 11.6 Å². The van der Waals surface area contributed by atoms with Crippen LogP contribution in [0.5, 0.6) is 0 Å². The van der Waals surface area contributed by atoms with E-state index in [1.807, 2.05) is 0 Å². The molecule has 0 saturated heterocycles.